The number of urea groups is 1. The molecule has 4 rings (SSSR count). The minimum atomic E-state index is -0.275. The Hall–Kier alpha value is -2.58. The predicted molar refractivity (Wildman–Crippen MR) is 95.3 cm³/mol. The number of amides is 2. The van der Waals surface area contributed by atoms with E-state index < -0.39 is 0 Å². The number of pyridine rings is 1. The Balaban J connectivity index is 1.35. The number of hydrogen-bond donors (Lipinski definition) is 5. The molecule has 4 heterocycles. The molecule has 3 aliphatic rings. The summed E-state index contributed by atoms with van der Waals surface area (Å²) >= 11 is 0. The maximum atomic E-state index is 12.1. The largest absolute Gasteiger partial charge is 0.376 e. The van der Waals surface area contributed by atoms with Gasteiger partial charge in [0.2, 0.25) is 0 Å². The highest BCUT2D eigenvalue weighted by Gasteiger charge is 2.19. The molecule has 1 aromatic rings. The zero-order valence-corrected chi connectivity index (χ0v) is 13.8. The lowest BCUT2D eigenvalue weighted by Crippen LogP contribution is -2.47. The molecule has 0 radical (unpaired) electrons. The summed E-state index contributed by atoms with van der Waals surface area (Å²) in [4.78, 5) is 16.5. The lowest BCUT2D eigenvalue weighted by Gasteiger charge is -2.23. The molecule has 5 N–H and O–H groups in total. The van der Waals surface area contributed by atoms with E-state index in [9.17, 15) is 4.79 Å². The van der Waals surface area contributed by atoms with Crippen molar-refractivity contribution in [2.75, 3.05) is 25.0 Å². The zero-order valence-electron chi connectivity index (χ0n) is 13.8. The van der Waals surface area contributed by atoms with Crippen molar-refractivity contribution in [2.45, 2.75) is 25.1 Å². The van der Waals surface area contributed by atoms with E-state index in [0.717, 1.165) is 48.5 Å². The highest BCUT2D eigenvalue weighted by atomic mass is 16.5. The van der Waals surface area contributed by atoms with Gasteiger partial charge < -0.3 is 26.1 Å². The second kappa shape index (κ2) is 7.12. The number of aromatic nitrogens is 1. The van der Waals surface area contributed by atoms with Gasteiger partial charge in [0, 0.05) is 37.7 Å². The van der Waals surface area contributed by atoms with Crippen molar-refractivity contribution >= 4 is 23.4 Å². The van der Waals surface area contributed by atoms with Gasteiger partial charge in [-0.05, 0) is 36.6 Å². The smallest absolute Gasteiger partial charge is 0.316 e. The van der Waals surface area contributed by atoms with E-state index in [4.69, 9.17) is 4.74 Å². The van der Waals surface area contributed by atoms with Crippen LogP contribution in [0, 0.1) is 0 Å². The van der Waals surface area contributed by atoms with Gasteiger partial charge in [0.15, 0.2) is 0 Å². The highest BCUT2D eigenvalue weighted by Crippen LogP contribution is 2.25. The van der Waals surface area contributed by atoms with Crippen LogP contribution in [0.25, 0.3) is 11.6 Å². The minimum Gasteiger partial charge on any atom is -0.376 e. The van der Waals surface area contributed by atoms with Gasteiger partial charge in [-0.2, -0.15) is 0 Å². The topological polar surface area (TPSA) is 99.3 Å². The van der Waals surface area contributed by atoms with Gasteiger partial charge in [0.25, 0.3) is 0 Å². The third-order valence-electron chi connectivity index (χ3n) is 4.48. The molecule has 2 atom stereocenters. The van der Waals surface area contributed by atoms with E-state index in [1.54, 1.807) is 0 Å². The number of rotatable bonds is 4. The van der Waals surface area contributed by atoms with Crippen molar-refractivity contribution in [1.29, 1.82) is 0 Å². The first kappa shape index (κ1) is 15.9. The number of anilines is 1. The minimum absolute atomic E-state index is 0.134. The molecule has 1 unspecified atom stereocenters. The molecule has 25 heavy (non-hydrogen) atoms. The van der Waals surface area contributed by atoms with Crippen molar-refractivity contribution < 1.29 is 9.53 Å². The Morgan fingerprint density at radius 1 is 1.44 bits per heavy atom. The quantitative estimate of drug-likeness (QED) is 0.554. The number of fused-ring (bicyclic) bond motifs is 1. The van der Waals surface area contributed by atoms with Crippen molar-refractivity contribution in [2.24, 2.45) is 0 Å². The fraction of sp³-hybridized carbons (Fsp3) is 0.412. The van der Waals surface area contributed by atoms with Gasteiger partial charge in [0.05, 0.1) is 17.5 Å². The summed E-state index contributed by atoms with van der Waals surface area (Å²) in [5, 5.41) is 9.06. The Bertz CT molecular complexity index is 711. The van der Waals surface area contributed by atoms with E-state index in [2.05, 4.69) is 31.8 Å². The summed E-state index contributed by atoms with van der Waals surface area (Å²) in [6.45, 7) is 2.08. The van der Waals surface area contributed by atoms with Gasteiger partial charge >= 0.3 is 6.03 Å². The molecule has 2 amide bonds. The van der Waals surface area contributed by atoms with Gasteiger partial charge in [-0.15, -0.1) is 0 Å². The molecule has 0 aromatic carbocycles. The van der Waals surface area contributed by atoms with Crippen molar-refractivity contribution in [3.8, 4) is 0 Å². The molecular weight excluding hydrogens is 320 g/mol. The second-order valence-corrected chi connectivity index (χ2v) is 6.29. The first-order chi connectivity index (χ1) is 12.3. The predicted octanol–water partition coefficient (Wildman–Crippen LogP) is 0.773. The van der Waals surface area contributed by atoms with Crippen LogP contribution in [0.4, 0.5) is 10.5 Å². The molecule has 8 nitrogen and oxygen atoms in total. The summed E-state index contributed by atoms with van der Waals surface area (Å²) in [6.07, 6.45) is 9.51. The highest BCUT2D eigenvalue weighted by molar-refractivity contribution is 5.78. The van der Waals surface area contributed by atoms with Gasteiger partial charge in [-0.1, -0.05) is 0 Å². The Morgan fingerprint density at radius 2 is 2.40 bits per heavy atom. The van der Waals surface area contributed by atoms with E-state index in [1.165, 1.54) is 0 Å². The number of carbonyl (C=O) groups is 1. The van der Waals surface area contributed by atoms with Crippen molar-refractivity contribution in [3.63, 3.8) is 0 Å². The molecule has 3 aliphatic heterocycles. The summed E-state index contributed by atoms with van der Waals surface area (Å²) in [7, 11) is 0. The molecule has 1 aromatic heterocycles. The summed E-state index contributed by atoms with van der Waals surface area (Å²) in [5.74, 6) is 0. The van der Waals surface area contributed by atoms with Crippen LogP contribution in [-0.4, -0.2) is 43.0 Å². The maximum Gasteiger partial charge on any atom is 0.316 e. The fourth-order valence-electron chi connectivity index (χ4n) is 3.11. The lowest BCUT2D eigenvalue weighted by molar-refractivity contribution is 0.111. The number of hydrogen-bond acceptors (Lipinski definition) is 6. The van der Waals surface area contributed by atoms with Crippen LogP contribution in [0.2, 0.25) is 0 Å². The van der Waals surface area contributed by atoms with Crippen LogP contribution in [-0.2, 0) is 4.74 Å². The van der Waals surface area contributed by atoms with Crippen molar-refractivity contribution in [3.05, 3.63) is 35.8 Å². The number of nitrogens with one attached hydrogen (secondary N) is 5. The molecule has 0 spiro atoms. The average Bonchev–Trinajstić information content (AvgIpc) is 3.33. The number of hydrazine groups is 1. The number of carbonyl (C=O) groups excluding carboxylic acids is 1. The monoisotopic (exact) mass is 342 g/mol. The first-order valence-electron chi connectivity index (χ1n) is 8.56. The van der Waals surface area contributed by atoms with E-state index >= 15 is 0 Å². The van der Waals surface area contributed by atoms with Crippen LogP contribution in [0.15, 0.2) is 24.5 Å². The van der Waals surface area contributed by atoms with Crippen LogP contribution in [0.3, 0.4) is 0 Å². The standard InChI is InChI=1S/C17H22N6O2/c24-17(19-10-13-2-1-5-25-13)23-16-4-3-14-15(22-16)6-11(7-18-14)12-8-20-21-9-12/h3-4,6-8,13,16,20-22H,1-2,5,9-10H2,(H2,19,23,24)/t13-,16?/m1/s1. The van der Waals surface area contributed by atoms with Crippen LogP contribution in [0.5, 0.6) is 0 Å². The summed E-state index contributed by atoms with van der Waals surface area (Å²) < 4.78 is 5.51. The Morgan fingerprint density at radius 3 is 3.20 bits per heavy atom. The fourth-order valence-corrected chi connectivity index (χ4v) is 3.11. The second-order valence-electron chi connectivity index (χ2n) is 6.29. The summed E-state index contributed by atoms with van der Waals surface area (Å²) in [5.41, 5.74) is 9.96. The van der Waals surface area contributed by atoms with Gasteiger partial charge in [0.1, 0.15) is 6.17 Å². The molecule has 0 saturated carbocycles. The van der Waals surface area contributed by atoms with Crippen LogP contribution in [0.1, 0.15) is 24.1 Å². The maximum absolute atomic E-state index is 12.1. The number of nitrogens with zero attached hydrogens (tertiary/aromatic N) is 1. The third kappa shape index (κ3) is 3.75. The van der Waals surface area contributed by atoms with Crippen molar-refractivity contribution in [1.82, 2.24) is 26.5 Å². The van der Waals surface area contributed by atoms with Gasteiger partial charge in [-0.25, -0.2) is 10.2 Å². The molecule has 8 heteroatoms. The normalized spacial score (nSPS) is 24.1. The third-order valence-corrected chi connectivity index (χ3v) is 4.48. The summed E-state index contributed by atoms with van der Waals surface area (Å²) in [6, 6.07) is 1.84. The lowest BCUT2D eigenvalue weighted by atomic mass is 10.1. The molecule has 0 bridgehead atoms. The molecule has 1 saturated heterocycles. The molecule has 132 valence electrons. The molecular formula is C17H22N6O2. The Kier molecular flexibility index (Phi) is 4.53. The zero-order chi connectivity index (χ0) is 17.1. The SMILES string of the molecule is O=C(NC[C@H]1CCCO1)NC1C=Cc2ncc(C3=CNNC3)cc2N1. The van der Waals surface area contributed by atoms with E-state index in [0.29, 0.717) is 6.54 Å². The Labute approximate surface area is 146 Å². The number of ether oxygens (including phenoxy) is 1. The van der Waals surface area contributed by atoms with E-state index in [1.807, 2.05) is 30.6 Å². The first-order valence-corrected chi connectivity index (χ1v) is 8.56. The van der Waals surface area contributed by atoms with E-state index in [-0.39, 0.29) is 18.3 Å². The van der Waals surface area contributed by atoms with Crippen LogP contribution >= 0.6 is 0 Å². The average molecular weight is 342 g/mol. The van der Waals surface area contributed by atoms with Crippen LogP contribution < -0.4 is 26.8 Å². The molecule has 0 aliphatic carbocycles. The van der Waals surface area contributed by atoms with Gasteiger partial charge in [-0.3, -0.25) is 4.98 Å². The molecule has 1 fully saturated rings.